The molecule has 0 aliphatic heterocycles. The first kappa shape index (κ1) is 17.9. The highest BCUT2D eigenvalue weighted by molar-refractivity contribution is 5.61. The molecule has 4 nitrogen and oxygen atoms in total. The van der Waals surface area contributed by atoms with Gasteiger partial charge in [-0.05, 0) is 23.6 Å². The van der Waals surface area contributed by atoms with Crippen LogP contribution in [0.1, 0.15) is 19.4 Å². The molecule has 3 rings (SSSR count). The average molecular weight is 350 g/mol. The SMILES string of the molecule is CC(C)CNc1cc(NCc2ccc(F)cc2)nc(-c2ccccc2)n1. The number of benzene rings is 2. The summed E-state index contributed by atoms with van der Waals surface area (Å²) in [5.41, 5.74) is 1.95. The van der Waals surface area contributed by atoms with Crippen LogP contribution in [-0.2, 0) is 6.54 Å². The molecule has 0 aliphatic rings. The van der Waals surface area contributed by atoms with E-state index < -0.39 is 0 Å². The van der Waals surface area contributed by atoms with Crippen LogP contribution in [0.25, 0.3) is 11.4 Å². The van der Waals surface area contributed by atoms with Crippen molar-refractivity contribution in [2.45, 2.75) is 20.4 Å². The molecule has 0 amide bonds. The number of aromatic nitrogens is 2. The Bertz CT molecular complexity index is 832. The van der Waals surface area contributed by atoms with Crippen LogP contribution in [0.4, 0.5) is 16.0 Å². The van der Waals surface area contributed by atoms with E-state index in [-0.39, 0.29) is 5.82 Å². The fourth-order valence-electron chi connectivity index (χ4n) is 2.45. The highest BCUT2D eigenvalue weighted by Crippen LogP contribution is 2.21. The van der Waals surface area contributed by atoms with Gasteiger partial charge in [0, 0.05) is 24.7 Å². The van der Waals surface area contributed by atoms with Crippen molar-refractivity contribution < 1.29 is 4.39 Å². The largest absolute Gasteiger partial charge is 0.370 e. The van der Waals surface area contributed by atoms with Crippen molar-refractivity contribution in [1.82, 2.24) is 9.97 Å². The average Bonchev–Trinajstić information content (AvgIpc) is 2.66. The van der Waals surface area contributed by atoms with E-state index in [2.05, 4.69) is 34.4 Å². The summed E-state index contributed by atoms with van der Waals surface area (Å²) in [6.45, 7) is 5.71. The van der Waals surface area contributed by atoms with Crippen molar-refractivity contribution >= 4 is 11.6 Å². The quantitative estimate of drug-likeness (QED) is 0.632. The van der Waals surface area contributed by atoms with Crippen molar-refractivity contribution in [3.05, 3.63) is 72.0 Å². The van der Waals surface area contributed by atoms with Gasteiger partial charge in [-0.1, -0.05) is 56.3 Å². The second kappa shape index (κ2) is 8.43. The summed E-state index contributed by atoms with van der Waals surface area (Å²) in [4.78, 5) is 9.26. The first-order valence-electron chi connectivity index (χ1n) is 8.77. The lowest BCUT2D eigenvalue weighted by Crippen LogP contribution is -2.11. The van der Waals surface area contributed by atoms with Gasteiger partial charge in [-0.2, -0.15) is 0 Å². The number of rotatable bonds is 7. The summed E-state index contributed by atoms with van der Waals surface area (Å²) in [7, 11) is 0. The highest BCUT2D eigenvalue weighted by atomic mass is 19.1. The molecule has 0 unspecified atom stereocenters. The molecular formula is C21H23FN4. The van der Waals surface area contributed by atoms with E-state index in [1.165, 1.54) is 12.1 Å². The fourth-order valence-corrected chi connectivity index (χ4v) is 2.45. The minimum atomic E-state index is -0.234. The smallest absolute Gasteiger partial charge is 0.163 e. The Kier molecular flexibility index (Phi) is 5.79. The number of nitrogens with zero attached hydrogens (tertiary/aromatic N) is 2. The number of hydrogen-bond donors (Lipinski definition) is 2. The van der Waals surface area contributed by atoms with Gasteiger partial charge in [-0.3, -0.25) is 0 Å². The minimum Gasteiger partial charge on any atom is -0.370 e. The van der Waals surface area contributed by atoms with E-state index in [1.807, 2.05) is 36.4 Å². The minimum absolute atomic E-state index is 0.234. The Balaban J connectivity index is 1.82. The Hall–Kier alpha value is -2.95. The maximum Gasteiger partial charge on any atom is 0.163 e. The second-order valence-corrected chi connectivity index (χ2v) is 6.58. The van der Waals surface area contributed by atoms with Crippen LogP contribution in [0, 0.1) is 11.7 Å². The molecule has 3 aromatic rings. The Morgan fingerprint density at radius 2 is 1.54 bits per heavy atom. The van der Waals surface area contributed by atoms with Gasteiger partial charge in [0.05, 0.1) is 0 Å². The van der Waals surface area contributed by atoms with Crippen LogP contribution < -0.4 is 10.6 Å². The Morgan fingerprint density at radius 1 is 0.885 bits per heavy atom. The van der Waals surface area contributed by atoms with Crippen LogP contribution in [0.5, 0.6) is 0 Å². The number of hydrogen-bond acceptors (Lipinski definition) is 4. The normalized spacial score (nSPS) is 10.8. The van der Waals surface area contributed by atoms with Crippen LogP contribution in [-0.4, -0.2) is 16.5 Å². The summed E-state index contributed by atoms with van der Waals surface area (Å²) in [5, 5.41) is 6.66. The van der Waals surface area contributed by atoms with E-state index >= 15 is 0 Å². The predicted molar refractivity (Wildman–Crippen MR) is 105 cm³/mol. The van der Waals surface area contributed by atoms with Gasteiger partial charge in [-0.15, -0.1) is 0 Å². The third kappa shape index (κ3) is 5.02. The number of halogens is 1. The van der Waals surface area contributed by atoms with Gasteiger partial charge < -0.3 is 10.6 Å². The molecule has 1 aromatic heterocycles. The van der Waals surface area contributed by atoms with E-state index in [0.717, 1.165) is 29.3 Å². The van der Waals surface area contributed by atoms with Crippen LogP contribution in [0.15, 0.2) is 60.7 Å². The fraction of sp³-hybridized carbons (Fsp3) is 0.238. The van der Waals surface area contributed by atoms with Gasteiger partial charge in [-0.25, -0.2) is 14.4 Å². The molecule has 5 heteroatoms. The molecule has 0 aliphatic carbocycles. The number of anilines is 2. The molecule has 0 fully saturated rings. The molecule has 0 atom stereocenters. The molecule has 0 bridgehead atoms. The molecule has 0 spiro atoms. The molecule has 26 heavy (non-hydrogen) atoms. The Morgan fingerprint density at radius 3 is 2.19 bits per heavy atom. The van der Waals surface area contributed by atoms with Gasteiger partial charge in [0.25, 0.3) is 0 Å². The van der Waals surface area contributed by atoms with Crippen molar-refractivity contribution in [1.29, 1.82) is 0 Å². The molecule has 134 valence electrons. The predicted octanol–water partition coefficient (Wildman–Crippen LogP) is 4.96. The molecule has 0 saturated carbocycles. The summed E-state index contributed by atoms with van der Waals surface area (Å²) in [6, 6.07) is 18.2. The lowest BCUT2D eigenvalue weighted by atomic mass is 10.2. The van der Waals surface area contributed by atoms with Crippen molar-refractivity contribution in [2.75, 3.05) is 17.2 Å². The molecule has 2 aromatic carbocycles. The lowest BCUT2D eigenvalue weighted by Gasteiger charge is -2.13. The van der Waals surface area contributed by atoms with E-state index in [1.54, 1.807) is 12.1 Å². The number of nitrogens with one attached hydrogen (secondary N) is 2. The molecule has 0 radical (unpaired) electrons. The summed E-state index contributed by atoms with van der Waals surface area (Å²) in [5.74, 6) is 2.47. The zero-order valence-corrected chi connectivity index (χ0v) is 15.0. The maximum absolute atomic E-state index is 13.0. The van der Waals surface area contributed by atoms with E-state index in [9.17, 15) is 4.39 Å². The van der Waals surface area contributed by atoms with Gasteiger partial charge in [0.1, 0.15) is 17.5 Å². The van der Waals surface area contributed by atoms with Gasteiger partial charge >= 0.3 is 0 Å². The third-order valence-electron chi connectivity index (χ3n) is 3.84. The monoisotopic (exact) mass is 350 g/mol. The molecular weight excluding hydrogens is 327 g/mol. The topological polar surface area (TPSA) is 49.8 Å². The molecule has 0 saturated heterocycles. The zero-order chi connectivity index (χ0) is 18.4. The van der Waals surface area contributed by atoms with Crippen molar-refractivity contribution in [3.63, 3.8) is 0 Å². The Labute approximate surface area is 153 Å². The first-order valence-corrected chi connectivity index (χ1v) is 8.77. The van der Waals surface area contributed by atoms with Crippen LogP contribution in [0.3, 0.4) is 0 Å². The van der Waals surface area contributed by atoms with Crippen molar-refractivity contribution in [3.8, 4) is 11.4 Å². The lowest BCUT2D eigenvalue weighted by molar-refractivity contribution is 0.627. The zero-order valence-electron chi connectivity index (χ0n) is 15.0. The molecule has 1 heterocycles. The molecule has 2 N–H and O–H groups in total. The van der Waals surface area contributed by atoms with Crippen molar-refractivity contribution in [2.24, 2.45) is 5.92 Å². The van der Waals surface area contributed by atoms with E-state index in [4.69, 9.17) is 0 Å². The van der Waals surface area contributed by atoms with E-state index in [0.29, 0.717) is 18.3 Å². The maximum atomic E-state index is 13.0. The second-order valence-electron chi connectivity index (χ2n) is 6.58. The van der Waals surface area contributed by atoms with Crippen LogP contribution >= 0.6 is 0 Å². The first-order chi connectivity index (χ1) is 12.6. The summed E-state index contributed by atoms with van der Waals surface area (Å²) >= 11 is 0. The van der Waals surface area contributed by atoms with Gasteiger partial charge in [0.15, 0.2) is 5.82 Å². The highest BCUT2D eigenvalue weighted by Gasteiger charge is 2.07. The third-order valence-corrected chi connectivity index (χ3v) is 3.84. The standard InChI is InChI=1S/C21H23FN4/c1-15(2)13-23-19-12-20(24-14-16-8-10-18(22)11-9-16)26-21(25-19)17-6-4-3-5-7-17/h3-12,15H,13-14H2,1-2H3,(H2,23,24,25,26). The summed E-state index contributed by atoms with van der Waals surface area (Å²) < 4.78 is 13.0. The van der Waals surface area contributed by atoms with Gasteiger partial charge in [0.2, 0.25) is 0 Å². The van der Waals surface area contributed by atoms with Crippen LogP contribution in [0.2, 0.25) is 0 Å². The summed E-state index contributed by atoms with van der Waals surface area (Å²) in [6.07, 6.45) is 0.